The molecule has 1 aromatic heterocycles. The maximum Gasteiger partial charge on any atom is 0.325 e. The van der Waals surface area contributed by atoms with Gasteiger partial charge in [0.15, 0.2) is 0 Å². The highest BCUT2D eigenvalue weighted by molar-refractivity contribution is 5.74. The highest BCUT2D eigenvalue weighted by Gasteiger charge is 2.10. The summed E-state index contributed by atoms with van der Waals surface area (Å²) in [5.41, 5.74) is 0.487. The van der Waals surface area contributed by atoms with Crippen LogP contribution in [0.3, 0.4) is 0 Å². The van der Waals surface area contributed by atoms with Crippen molar-refractivity contribution in [2.75, 3.05) is 13.7 Å². The molecule has 1 heterocycles. The molecule has 0 bridgehead atoms. The summed E-state index contributed by atoms with van der Waals surface area (Å²) in [6, 6.07) is -0.385. The second-order valence-electron chi connectivity index (χ2n) is 4.19. The van der Waals surface area contributed by atoms with Crippen molar-refractivity contribution in [2.24, 2.45) is 0 Å². The van der Waals surface area contributed by atoms with Crippen LogP contribution in [0.15, 0.2) is 6.20 Å². The van der Waals surface area contributed by atoms with Crippen LogP contribution in [-0.4, -0.2) is 51.9 Å². The first-order chi connectivity index (χ1) is 9.55. The average Bonchev–Trinajstić information content (AvgIpc) is 2.82. The smallest absolute Gasteiger partial charge is 0.325 e. The van der Waals surface area contributed by atoms with Crippen LogP contribution in [-0.2, 0) is 22.6 Å². The number of aliphatic carboxylic acids is 1. The second-order valence-corrected chi connectivity index (χ2v) is 4.19. The number of carboxylic acid groups (broad SMARTS) is 1. The summed E-state index contributed by atoms with van der Waals surface area (Å²) in [5, 5.41) is 21.4. The molecular formula is C11H19N5O4. The van der Waals surface area contributed by atoms with E-state index in [2.05, 4.69) is 20.9 Å². The molecule has 0 saturated carbocycles. The lowest BCUT2D eigenvalue weighted by molar-refractivity contribution is -0.137. The number of amides is 2. The van der Waals surface area contributed by atoms with Crippen LogP contribution < -0.4 is 10.6 Å². The summed E-state index contributed by atoms with van der Waals surface area (Å²) in [5.74, 6) is -1.00. The van der Waals surface area contributed by atoms with E-state index in [0.717, 1.165) is 6.42 Å². The summed E-state index contributed by atoms with van der Waals surface area (Å²) >= 11 is 0. The Kier molecular flexibility index (Phi) is 6.44. The van der Waals surface area contributed by atoms with Gasteiger partial charge in [0.1, 0.15) is 12.2 Å². The van der Waals surface area contributed by atoms with Gasteiger partial charge in [-0.05, 0) is 6.42 Å². The van der Waals surface area contributed by atoms with Crippen LogP contribution in [0.5, 0.6) is 0 Å². The zero-order valence-electron chi connectivity index (χ0n) is 11.5. The number of nitrogens with zero attached hydrogens (tertiary/aromatic N) is 3. The van der Waals surface area contributed by atoms with Crippen molar-refractivity contribution in [2.45, 2.75) is 32.5 Å². The molecule has 112 valence electrons. The molecule has 2 amide bonds. The summed E-state index contributed by atoms with van der Waals surface area (Å²) in [4.78, 5) is 22.1. The molecule has 0 spiro atoms. The van der Waals surface area contributed by atoms with E-state index in [1.54, 1.807) is 7.11 Å². The van der Waals surface area contributed by atoms with Crippen LogP contribution in [0.2, 0.25) is 0 Å². The molecule has 0 radical (unpaired) electrons. The molecule has 9 heteroatoms. The molecule has 1 unspecified atom stereocenters. The maximum atomic E-state index is 11.6. The molecule has 0 saturated heterocycles. The maximum absolute atomic E-state index is 11.6. The van der Waals surface area contributed by atoms with Gasteiger partial charge in [0, 0.05) is 7.11 Å². The number of nitrogens with one attached hydrogen (secondary N) is 2. The molecule has 1 atom stereocenters. The lowest BCUT2D eigenvalue weighted by Gasteiger charge is -2.15. The third-order valence-corrected chi connectivity index (χ3v) is 2.51. The van der Waals surface area contributed by atoms with Gasteiger partial charge in [-0.3, -0.25) is 4.79 Å². The first kappa shape index (κ1) is 15.9. The third-order valence-electron chi connectivity index (χ3n) is 2.51. The van der Waals surface area contributed by atoms with Gasteiger partial charge in [-0.2, -0.15) is 0 Å². The average molecular weight is 285 g/mol. The Labute approximate surface area is 116 Å². The molecule has 0 aliphatic carbocycles. The Morgan fingerprint density at radius 3 is 2.90 bits per heavy atom. The number of urea groups is 1. The quantitative estimate of drug-likeness (QED) is 0.597. The van der Waals surface area contributed by atoms with E-state index in [1.165, 1.54) is 10.9 Å². The number of hydrogen-bond acceptors (Lipinski definition) is 5. The van der Waals surface area contributed by atoms with Crippen molar-refractivity contribution >= 4 is 12.0 Å². The summed E-state index contributed by atoms with van der Waals surface area (Å²) < 4.78 is 6.17. The standard InChI is InChI=1S/C11H19N5O4/c1-3-8(7-20-2)13-11(19)12-4-9-5-16(15-14-9)6-10(17)18/h5,8H,3-4,6-7H2,1-2H3,(H,17,18)(H2,12,13,19). The van der Waals surface area contributed by atoms with Gasteiger partial charge in [-0.15, -0.1) is 5.10 Å². The van der Waals surface area contributed by atoms with Crippen molar-refractivity contribution in [1.82, 2.24) is 25.6 Å². The fourth-order valence-corrected chi connectivity index (χ4v) is 1.51. The molecule has 1 aromatic rings. The zero-order valence-corrected chi connectivity index (χ0v) is 11.5. The van der Waals surface area contributed by atoms with Gasteiger partial charge in [0.25, 0.3) is 0 Å². The van der Waals surface area contributed by atoms with Crippen LogP contribution in [0.25, 0.3) is 0 Å². The lowest BCUT2D eigenvalue weighted by atomic mass is 10.2. The Hall–Kier alpha value is -2.16. The van der Waals surface area contributed by atoms with Crippen molar-refractivity contribution in [3.63, 3.8) is 0 Å². The number of methoxy groups -OCH3 is 1. The summed E-state index contributed by atoms with van der Waals surface area (Å²) in [6.45, 7) is 2.31. The van der Waals surface area contributed by atoms with Gasteiger partial charge < -0.3 is 20.5 Å². The van der Waals surface area contributed by atoms with Crippen molar-refractivity contribution < 1.29 is 19.4 Å². The molecular weight excluding hydrogens is 266 g/mol. The van der Waals surface area contributed by atoms with Gasteiger partial charge in [0.2, 0.25) is 0 Å². The number of carbonyl (C=O) groups is 2. The first-order valence-electron chi connectivity index (χ1n) is 6.19. The fraction of sp³-hybridized carbons (Fsp3) is 0.636. The van der Waals surface area contributed by atoms with Crippen molar-refractivity contribution in [3.8, 4) is 0 Å². The summed E-state index contributed by atoms with van der Waals surface area (Å²) in [7, 11) is 1.57. The Morgan fingerprint density at radius 2 is 2.30 bits per heavy atom. The predicted octanol–water partition coefficient (Wildman–Crippen LogP) is -0.413. The van der Waals surface area contributed by atoms with Crippen LogP contribution in [0.4, 0.5) is 4.79 Å². The zero-order chi connectivity index (χ0) is 15.0. The van der Waals surface area contributed by atoms with Gasteiger partial charge in [-0.1, -0.05) is 12.1 Å². The molecule has 9 nitrogen and oxygen atoms in total. The molecule has 3 N–H and O–H groups in total. The minimum absolute atomic E-state index is 0.0531. The van der Waals surface area contributed by atoms with Gasteiger partial charge >= 0.3 is 12.0 Å². The number of rotatable bonds is 8. The Balaban J connectivity index is 2.36. The first-order valence-corrected chi connectivity index (χ1v) is 6.19. The topological polar surface area (TPSA) is 118 Å². The summed E-state index contributed by atoms with van der Waals surface area (Å²) in [6.07, 6.45) is 2.23. The van der Waals surface area contributed by atoms with Crippen molar-refractivity contribution in [1.29, 1.82) is 0 Å². The Bertz CT molecular complexity index is 448. The van der Waals surface area contributed by atoms with E-state index < -0.39 is 5.97 Å². The van der Waals surface area contributed by atoms with Crippen LogP contribution >= 0.6 is 0 Å². The Morgan fingerprint density at radius 1 is 1.55 bits per heavy atom. The van der Waals surface area contributed by atoms with Gasteiger partial charge in [0.05, 0.1) is 25.4 Å². The minimum atomic E-state index is -1.00. The highest BCUT2D eigenvalue weighted by atomic mass is 16.5. The van der Waals surface area contributed by atoms with Gasteiger partial charge in [-0.25, -0.2) is 9.48 Å². The van der Waals surface area contributed by atoms with E-state index in [-0.39, 0.29) is 25.2 Å². The number of aromatic nitrogens is 3. The molecule has 0 aliphatic heterocycles. The SMILES string of the molecule is CCC(COC)NC(=O)NCc1cn(CC(=O)O)nn1. The van der Waals surface area contributed by atoms with Crippen LogP contribution in [0.1, 0.15) is 19.0 Å². The van der Waals surface area contributed by atoms with E-state index in [1.807, 2.05) is 6.92 Å². The monoisotopic (exact) mass is 285 g/mol. The van der Waals surface area contributed by atoms with Crippen LogP contribution in [0, 0.1) is 0 Å². The number of ether oxygens (including phenoxy) is 1. The molecule has 20 heavy (non-hydrogen) atoms. The van der Waals surface area contributed by atoms with Crippen molar-refractivity contribution in [3.05, 3.63) is 11.9 Å². The lowest BCUT2D eigenvalue weighted by Crippen LogP contribution is -2.43. The minimum Gasteiger partial charge on any atom is -0.480 e. The number of hydrogen-bond donors (Lipinski definition) is 3. The third kappa shape index (κ3) is 5.65. The largest absolute Gasteiger partial charge is 0.480 e. The number of carbonyl (C=O) groups excluding carboxylic acids is 1. The van der Waals surface area contributed by atoms with E-state index >= 15 is 0 Å². The normalized spacial score (nSPS) is 11.9. The second kappa shape index (κ2) is 8.10. The molecule has 1 rings (SSSR count). The molecule has 0 aromatic carbocycles. The van der Waals surface area contributed by atoms with E-state index in [9.17, 15) is 9.59 Å². The number of carboxylic acids is 1. The fourth-order valence-electron chi connectivity index (χ4n) is 1.51. The van der Waals surface area contributed by atoms with E-state index in [4.69, 9.17) is 9.84 Å². The predicted molar refractivity (Wildman–Crippen MR) is 69.0 cm³/mol. The molecule has 0 fully saturated rings. The molecule has 0 aliphatic rings. The van der Waals surface area contributed by atoms with E-state index in [0.29, 0.717) is 12.3 Å². The highest BCUT2D eigenvalue weighted by Crippen LogP contribution is 1.94.